The van der Waals surface area contributed by atoms with E-state index >= 15 is 0 Å². The number of carbonyl (C=O) groups excluding carboxylic acids is 1. The molecule has 19 heavy (non-hydrogen) atoms. The number of hydrogen-bond acceptors (Lipinski definition) is 5. The van der Waals surface area contributed by atoms with Gasteiger partial charge in [0.25, 0.3) is 0 Å². The van der Waals surface area contributed by atoms with Crippen LogP contribution in [0.2, 0.25) is 0 Å². The Bertz CT molecular complexity index is 487. The highest BCUT2D eigenvalue weighted by Crippen LogP contribution is 2.18. The van der Waals surface area contributed by atoms with E-state index in [4.69, 9.17) is 0 Å². The maximum Gasteiger partial charge on any atom is 0.307 e. The van der Waals surface area contributed by atoms with Gasteiger partial charge in [-0.15, -0.1) is 0 Å². The average Bonchev–Trinajstić information content (AvgIpc) is 2.81. The summed E-state index contributed by atoms with van der Waals surface area (Å²) in [5.74, 6) is -0.191. The lowest BCUT2D eigenvalue weighted by Crippen LogP contribution is -2.50. The van der Waals surface area contributed by atoms with Gasteiger partial charge >= 0.3 is 5.69 Å². The molecule has 0 saturated carbocycles. The number of aliphatic hydroxyl groups excluding tert-OH is 1. The van der Waals surface area contributed by atoms with Crippen molar-refractivity contribution in [1.29, 1.82) is 0 Å². The van der Waals surface area contributed by atoms with E-state index in [9.17, 15) is 20.0 Å². The number of rotatable bonds is 3. The highest BCUT2D eigenvalue weighted by atomic mass is 16.6. The highest BCUT2D eigenvalue weighted by molar-refractivity contribution is 5.76. The Morgan fingerprint density at radius 2 is 2.42 bits per heavy atom. The molecule has 1 aliphatic rings. The Hall–Kier alpha value is -1.96. The van der Waals surface area contributed by atoms with Crippen LogP contribution in [0.4, 0.5) is 5.69 Å². The van der Waals surface area contributed by atoms with E-state index in [0.717, 1.165) is 12.6 Å². The molecule has 0 bridgehead atoms. The molecule has 1 amide bonds. The average molecular weight is 268 g/mol. The zero-order chi connectivity index (χ0) is 14.0. The third-order valence-corrected chi connectivity index (χ3v) is 3.40. The van der Waals surface area contributed by atoms with Crippen LogP contribution in [-0.2, 0) is 11.3 Å². The van der Waals surface area contributed by atoms with Crippen molar-refractivity contribution in [2.24, 2.45) is 0 Å². The molecule has 0 radical (unpaired) electrons. The first-order chi connectivity index (χ1) is 8.99. The minimum Gasteiger partial charge on any atom is -0.391 e. The summed E-state index contributed by atoms with van der Waals surface area (Å²) >= 11 is 0. The molecule has 1 aliphatic heterocycles. The van der Waals surface area contributed by atoms with Crippen LogP contribution in [0.1, 0.15) is 19.8 Å². The van der Waals surface area contributed by atoms with Crippen LogP contribution in [0.3, 0.4) is 0 Å². The van der Waals surface area contributed by atoms with Gasteiger partial charge in [-0.1, -0.05) is 0 Å². The molecular formula is C11H16N4O4. The Morgan fingerprint density at radius 1 is 1.68 bits per heavy atom. The fourth-order valence-corrected chi connectivity index (χ4v) is 2.24. The van der Waals surface area contributed by atoms with E-state index in [0.29, 0.717) is 13.0 Å². The molecule has 2 atom stereocenters. The van der Waals surface area contributed by atoms with Gasteiger partial charge in [0, 0.05) is 6.54 Å². The Kier molecular flexibility index (Phi) is 3.79. The number of hydrogen-bond donors (Lipinski definition) is 1. The Labute approximate surface area is 109 Å². The van der Waals surface area contributed by atoms with Gasteiger partial charge in [0.05, 0.1) is 17.1 Å². The number of carbonyl (C=O) groups is 1. The van der Waals surface area contributed by atoms with Gasteiger partial charge in [0.15, 0.2) is 0 Å². The SMILES string of the molecule is C[C@H]1[C@H](O)CCCN1C(=O)Cn1cc([N+](=O)[O-])cn1. The van der Waals surface area contributed by atoms with Crippen molar-refractivity contribution in [1.82, 2.24) is 14.7 Å². The predicted molar refractivity (Wildman–Crippen MR) is 65.3 cm³/mol. The normalized spacial score (nSPS) is 23.4. The quantitative estimate of drug-likeness (QED) is 0.621. The molecule has 0 spiro atoms. The number of likely N-dealkylation sites (tertiary alicyclic amines) is 1. The lowest BCUT2D eigenvalue weighted by Gasteiger charge is -2.36. The van der Waals surface area contributed by atoms with Gasteiger partial charge in [-0.25, -0.2) is 0 Å². The van der Waals surface area contributed by atoms with Crippen LogP contribution in [0.25, 0.3) is 0 Å². The number of aromatic nitrogens is 2. The number of aliphatic hydroxyl groups is 1. The van der Waals surface area contributed by atoms with Crippen molar-refractivity contribution >= 4 is 11.6 Å². The second-order valence-corrected chi connectivity index (χ2v) is 4.69. The molecule has 0 unspecified atom stereocenters. The Balaban J connectivity index is 2.01. The van der Waals surface area contributed by atoms with Gasteiger partial charge < -0.3 is 10.0 Å². The summed E-state index contributed by atoms with van der Waals surface area (Å²) in [4.78, 5) is 23.7. The van der Waals surface area contributed by atoms with E-state index < -0.39 is 11.0 Å². The first kappa shape index (κ1) is 13.5. The molecule has 104 valence electrons. The Morgan fingerprint density at radius 3 is 3.05 bits per heavy atom. The number of piperidine rings is 1. The zero-order valence-electron chi connectivity index (χ0n) is 10.6. The van der Waals surface area contributed by atoms with Crippen LogP contribution in [0.5, 0.6) is 0 Å². The lowest BCUT2D eigenvalue weighted by molar-refractivity contribution is -0.385. The highest BCUT2D eigenvalue weighted by Gasteiger charge is 2.29. The molecule has 2 rings (SSSR count). The fourth-order valence-electron chi connectivity index (χ4n) is 2.24. The summed E-state index contributed by atoms with van der Waals surface area (Å²) < 4.78 is 1.24. The van der Waals surface area contributed by atoms with Crippen molar-refractivity contribution in [2.75, 3.05) is 6.54 Å². The predicted octanol–water partition coefficient (Wildman–Crippen LogP) is 0.163. The van der Waals surface area contributed by atoms with Gasteiger partial charge in [-0.05, 0) is 19.8 Å². The molecule has 8 heteroatoms. The molecule has 1 fully saturated rings. The van der Waals surface area contributed by atoms with E-state index in [2.05, 4.69) is 5.10 Å². The van der Waals surface area contributed by atoms with Crippen LogP contribution in [0.15, 0.2) is 12.4 Å². The maximum atomic E-state index is 12.1. The smallest absolute Gasteiger partial charge is 0.307 e. The van der Waals surface area contributed by atoms with Gasteiger partial charge in [0.1, 0.15) is 18.9 Å². The molecule has 1 saturated heterocycles. The van der Waals surface area contributed by atoms with Crippen LogP contribution >= 0.6 is 0 Å². The summed E-state index contributed by atoms with van der Waals surface area (Å²) in [7, 11) is 0. The number of amides is 1. The van der Waals surface area contributed by atoms with Gasteiger partial charge in [-0.3, -0.25) is 19.6 Å². The summed E-state index contributed by atoms with van der Waals surface area (Å²) in [6.45, 7) is 2.35. The third kappa shape index (κ3) is 2.90. The molecule has 8 nitrogen and oxygen atoms in total. The molecule has 1 aromatic rings. The maximum absolute atomic E-state index is 12.1. The number of nitrogens with zero attached hydrogens (tertiary/aromatic N) is 4. The largest absolute Gasteiger partial charge is 0.391 e. The molecular weight excluding hydrogens is 252 g/mol. The minimum absolute atomic E-state index is 0.0507. The van der Waals surface area contributed by atoms with Crippen LogP contribution < -0.4 is 0 Å². The third-order valence-electron chi connectivity index (χ3n) is 3.40. The van der Waals surface area contributed by atoms with Crippen molar-refractivity contribution in [3.8, 4) is 0 Å². The number of nitro groups is 1. The monoisotopic (exact) mass is 268 g/mol. The van der Waals surface area contributed by atoms with E-state index in [1.165, 1.54) is 10.9 Å². The van der Waals surface area contributed by atoms with Crippen LogP contribution in [-0.4, -0.2) is 49.3 Å². The second-order valence-electron chi connectivity index (χ2n) is 4.69. The molecule has 1 aromatic heterocycles. The topological polar surface area (TPSA) is 102 Å². The van der Waals surface area contributed by atoms with Crippen molar-refractivity contribution in [2.45, 2.75) is 38.5 Å². The summed E-state index contributed by atoms with van der Waals surface area (Å²) in [5, 5.41) is 24.0. The summed E-state index contributed by atoms with van der Waals surface area (Å²) in [6.07, 6.45) is 3.28. The van der Waals surface area contributed by atoms with Crippen molar-refractivity contribution in [3.63, 3.8) is 0 Å². The second kappa shape index (κ2) is 5.35. The summed E-state index contributed by atoms with van der Waals surface area (Å²) in [6, 6.07) is -0.230. The zero-order valence-corrected chi connectivity index (χ0v) is 10.6. The van der Waals surface area contributed by atoms with Gasteiger partial charge in [-0.2, -0.15) is 5.10 Å². The lowest BCUT2D eigenvalue weighted by atomic mass is 10.0. The standard InChI is InChI=1S/C11H16N4O4/c1-8-10(16)3-2-4-14(8)11(17)7-13-6-9(5-12-13)15(18)19/h5-6,8,10,16H,2-4,7H2,1H3/t8-,10+/m0/s1. The van der Waals surface area contributed by atoms with Crippen LogP contribution in [0, 0.1) is 10.1 Å². The minimum atomic E-state index is -0.554. The van der Waals surface area contributed by atoms with E-state index in [1.54, 1.807) is 11.8 Å². The summed E-state index contributed by atoms with van der Waals surface area (Å²) in [5.41, 5.74) is -0.139. The van der Waals surface area contributed by atoms with Crippen molar-refractivity contribution < 1.29 is 14.8 Å². The molecule has 1 N–H and O–H groups in total. The first-order valence-electron chi connectivity index (χ1n) is 6.13. The van der Waals surface area contributed by atoms with Gasteiger partial charge in [0.2, 0.25) is 5.91 Å². The first-order valence-corrected chi connectivity index (χ1v) is 6.13. The van der Waals surface area contributed by atoms with E-state index in [1.807, 2.05) is 0 Å². The van der Waals surface area contributed by atoms with Crippen molar-refractivity contribution in [3.05, 3.63) is 22.5 Å². The van der Waals surface area contributed by atoms with E-state index in [-0.39, 0.29) is 24.2 Å². The molecule has 2 heterocycles. The molecule has 0 aromatic carbocycles. The molecule has 0 aliphatic carbocycles. The fraction of sp³-hybridized carbons (Fsp3) is 0.636.